The van der Waals surface area contributed by atoms with E-state index in [0.717, 1.165) is 56.9 Å². The molecular weight excluding hydrogens is 474 g/mol. The van der Waals surface area contributed by atoms with Gasteiger partial charge in [-0.1, -0.05) is 97.1 Å². The fourth-order valence-electron chi connectivity index (χ4n) is 5.28. The Morgan fingerprint density at radius 2 is 1.41 bits per heavy atom. The maximum absolute atomic E-state index is 9.88. The summed E-state index contributed by atoms with van der Waals surface area (Å²) in [5, 5.41) is 13.2. The van der Waals surface area contributed by atoms with Gasteiger partial charge in [0.25, 0.3) is 0 Å². The maximum atomic E-state index is 9.88. The van der Waals surface area contributed by atoms with Gasteiger partial charge in [0, 0.05) is 17.1 Å². The fourth-order valence-corrected chi connectivity index (χ4v) is 5.28. The lowest BCUT2D eigenvalue weighted by Crippen LogP contribution is -2.17. The Morgan fingerprint density at radius 3 is 2.13 bits per heavy atom. The molecule has 0 amide bonds. The predicted molar refractivity (Wildman–Crippen MR) is 163 cm³/mol. The lowest BCUT2D eigenvalue weighted by molar-refractivity contribution is 0.917. The molecule has 1 aliphatic rings. The molecule has 5 aromatic carbocycles. The molecule has 0 spiro atoms. The van der Waals surface area contributed by atoms with E-state index in [1.165, 1.54) is 5.70 Å². The predicted octanol–water partition coefficient (Wildman–Crippen LogP) is 9.96. The SMILES string of the molecule is [C-]#[N+]c1c2ccccc2c(C#N)c2ccc(C=Cc3ccc(N(C4=CC=CCC4)c4ccccc4)cc3)cc12. The van der Waals surface area contributed by atoms with Crippen LogP contribution >= 0.6 is 0 Å². The van der Waals surface area contributed by atoms with Gasteiger partial charge in [-0.3, -0.25) is 0 Å². The molecule has 0 aromatic heterocycles. The Balaban J connectivity index is 1.34. The second-order valence-corrected chi connectivity index (χ2v) is 9.52. The lowest BCUT2D eigenvalue weighted by atomic mass is 9.94. The van der Waals surface area contributed by atoms with Crippen LogP contribution in [0.25, 0.3) is 38.5 Å². The number of anilines is 2. The molecular formula is C36H25N3. The van der Waals surface area contributed by atoms with Crippen LogP contribution < -0.4 is 4.90 Å². The quantitative estimate of drug-likeness (QED) is 0.137. The molecule has 5 aromatic rings. The molecule has 184 valence electrons. The summed E-state index contributed by atoms with van der Waals surface area (Å²) in [6.45, 7) is 7.85. The summed E-state index contributed by atoms with van der Waals surface area (Å²) in [5.74, 6) is 0. The van der Waals surface area contributed by atoms with E-state index in [2.05, 4.69) is 94.7 Å². The van der Waals surface area contributed by atoms with Crippen molar-refractivity contribution >= 4 is 50.8 Å². The molecule has 0 saturated carbocycles. The molecule has 0 saturated heterocycles. The number of fused-ring (bicyclic) bond motifs is 2. The van der Waals surface area contributed by atoms with E-state index in [9.17, 15) is 5.26 Å². The van der Waals surface area contributed by atoms with Crippen LogP contribution in [0.4, 0.5) is 17.1 Å². The first-order chi connectivity index (χ1) is 19.3. The van der Waals surface area contributed by atoms with Crippen molar-refractivity contribution in [3.8, 4) is 6.07 Å². The minimum absolute atomic E-state index is 0.590. The monoisotopic (exact) mass is 499 g/mol. The highest BCUT2D eigenvalue weighted by atomic mass is 15.1. The first-order valence-corrected chi connectivity index (χ1v) is 13.0. The number of rotatable bonds is 5. The second-order valence-electron chi connectivity index (χ2n) is 9.52. The number of nitrogens with zero attached hydrogens (tertiary/aromatic N) is 3. The third-order valence-corrected chi connectivity index (χ3v) is 7.16. The van der Waals surface area contributed by atoms with Crippen molar-refractivity contribution in [2.45, 2.75) is 12.8 Å². The van der Waals surface area contributed by atoms with E-state index in [0.29, 0.717) is 11.3 Å². The maximum Gasteiger partial charge on any atom is 0.202 e. The molecule has 3 nitrogen and oxygen atoms in total. The van der Waals surface area contributed by atoms with Crippen LogP contribution in [0.5, 0.6) is 0 Å². The third kappa shape index (κ3) is 4.59. The van der Waals surface area contributed by atoms with Gasteiger partial charge in [0.15, 0.2) is 0 Å². The Labute approximate surface area is 228 Å². The van der Waals surface area contributed by atoms with Gasteiger partial charge >= 0.3 is 0 Å². The summed E-state index contributed by atoms with van der Waals surface area (Å²) < 4.78 is 0. The lowest BCUT2D eigenvalue weighted by Gasteiger charge is -2.28. The zero-order chi connectivity index (χ0) is 26.6. The third-order valence-electron chi connectivity index (χ3n) is 7.16. The molecule has 0 atom stereocenters. The highest BCUT2D eigenvalue weighted by molar-refractivity contribution is 6.15. The number of nitriles is 1. The standard InChI is InChI=1S/C36H25N3/c1-38-36-33-15-9-8-14-31(33)35(25-37)32-23-20-27(24-34(32)36)17-16-26-18-21-30(22-19-26)39(28-10-4-2-5-11-28)29-12-6-3-7-13-29/h2-6,8-12,14-24H,7,13H2. The molecule has 6 rings (SSSR count). The molecule has 0 aliphatic heterocycles. The topological polar surface area (TPSA) is 31.4 Å². The largest absolute Gasteiger partial charge is 0.314 e. The van der Waals surface area contributed by atoms with Crippen molar-refractivity contribution < 1.29 is 0 Å². The van der Waals surface area contributed by atoms with E-state index in [1.54, 1.807) is 0 Å². The summed E-state index contributed by atoms with van der Waals surface area (Å²) in [6.07, 6.45) is 12.7. The highest BCUT2D eigenvalue weighted by Gasteiger charge is 2.15. The molecule has 0 heterocycles. The van der Waals surface area contributed by atoms with Crippen molar-refractivity contribution in [3.63, 3.8) is 0 Å². The summed E-state index contributed by atoms with van der Waals surface area (Å²) in [4.78, 5) is 6.18. The van der Waals surface area contributed by atoms with Crippen LogP contribution in [0.3, 0.4) is 0 Å². The fraction of sp³-hybridized carbons (Fsp3) is 0.0556. The number of benzene rings is 5. The van der Waals surface area contributed by atoms with Gasteiger partial charge in [-0.15, -0.1) is 0 Å². The van der Waals surface area contributed by atoms with Gasteiger partial charge in [0.2, 0.25) is 5.69 Å². The van der Waals surface area contributed by atoms with Crippen molar-refractivity contribution in [2.75, 3.05) is 4.90 Å². The van der Waals surface area contributed by atoms with Crippen LogP contribution in [0.2, 0.25) is 0 Å². The van der Waals surface area contributed by atoms with Gasteiger partial charge < -0.3 is 4.90 Å². The summed E-state index contributed by atoms with van der Waals surface area (Å²) in [6, 6.07) is 35.1. The number of para-hydroxylation sites is 1. The number of allylic oxidation sites excluding steroid dienone is 4. The Kier molecular flexibility index (Phi) is 6.48. The van der Waals surface area contributed by atoms with Gasteiger partial charge in [-0.05, 0) is 75.9 Å². The van der Waals surface area contributed by atoms with Gasteiger partial charge in [0.1, 0.15) is 6.07 Å². The van der Waals surface area contributed by atoms with Gasteiger partial charge in [-0.2, -0.15) is 5.26 Å². The van der Waals surface area contributed by atoms with E-state index in [4.69, 9.17) is 6.57 Å². The first-order valence-electron chi connectivity index (χ1n) is 13.0. The molecule has 1 aliphatic carbocycles. The van der Waals surface area contributed by atoms with Crippen LogP contribution in [0.1, 0.15) is 29.5 Å². The Bertz CT molecular complexity index is 1860. The van der Waals surface area contributed by atoms with E-state index < -0.39 is 0 Å². The molecule has 0 bridgehead atoms. The Hall–Kier alpha value is -5.38. The summed E-state index contributed by atoms with van der Waals surface area (Å²) in [7, 11) is 0. The number of hydrogen-bond donors (Lipinski definition) is 0. The van der Waals surface area contributed by atoms with Crippen molar-refractivity contribution in [1.82, 2.24) is 0 Å². The van der Waals surface area contributed by atoms with Crippen LogP contribution in [0, 0.1) is 17.9 Å². The van der Waals surface area contributed by atoms with Crippen molar-refractivity contribution in [3.05, 3.63) is 149 Å². The molecule has 0 unspecified atom stereocenters. The minimum atomic E-state index is 0.590. The van der Waals surface area contributed by atoms with Crippen molar-refractivity contribution in [2.24, 2.45) is 0 Å². The van der Waals surface area contributed by atoms with Crippen molar-refractivity contribution in [1.29, 1.82) is 5.26 Å². The average Bonchev–Trinajstić information content (AvgIpc) is 3.00. The van der Waals surface area contributed by atoms with Gasteiger partial charge in [0.05, 0.1) is 12.1 Å². The second kappa shape index (κ2) is 10.5. The highest BCUT2D eigenvalue weighted by Crippen LogP contribution is 2.39. The van der Waals surface area contributed by atoms with Crippen LogP contribution in [0.15, 0.2) is 121 Å². The summed E-state index contributed by atoms with van der Waals surface area (Å²) in [5.41, 5.74) is 6.84. The normalized spacial score (nSPS) is 12.8. The smallest absolute Gasteiger partial charge is 0.202 e. The molecule has 0 radical (unpaired) electrons. The average molecular weight is 500 g/mol. The Morgan fingerprint density at radius 1 is 0.744 bits per heavy atom. The number of hydrogen-bond acceptors (Lipinski definition) is 2. The van der Waals surface area contributed by atoms with E-state index in [1.807, 2.05) is 48.5 Å². The zero-order valence-corrected chi connectivity index (χ0v) is 21.4. The van der Waals surface area contributed by atoms with E-state index in [-0.39, 0.29) is 0 Å². The minimum Gasteiger partial charge on any atom is -0.314 e. The van der Waals surface area contributed by atoms with E-state index >= 15 is 0 Å². The van der Waals surface area contributed by atoms with Crippen LogP contribution in [-0.4, -0.2) is 0 Å². The zero-order valence-electron chi connectivity index (χ0n) is 21.4. The van der Waals surface area contributed by atoms with Gasteiger partial charge in [-0.25, -0.2) is 4.85 Å². The molecule has 3 heteroatoms. The molecule has 39 heavy (non-hydrogen) atoms. The van der Waals surface area contributed by atoms with Crippen LogP contribution in [-0.2, 0) is 0 Å². The molecule has 0 N–H and O–H groups in total. The summed E-state index contributed by atoms with van der Waals surface area (Å²) >= 11 is 0. The molecule has 0 fully saturated rings. The first kappa shape index (κ1) is 24.0.